The Morgan fingerprint density at radius 3 is 2.60 bits per heavy atom. The molecule has 134 valence electrons. The summed E-state index contributed by atoms with van der Waals surface area (Å²) in [6.45, 7) is 5.46. The second-order valence-electron chi connectivity index (χ2n) is 6.16. The third kappa shape index (κ3) is 5.07. The van der Waals surface area contributed by atoms with Crippen LogP contribution in [0.1, 0.15) is 18.9 Å². The fourth-order valence-corrected chi connectivity index (χ4v) is 5.22. The van der Waals surface area contributed by atoms with Crippen molar-refractivity contribution in [2.24, 2.45) is 5.92 Å². The zero-order valence-electron chi connectivity index (χ0n) is 14.1. The summed E-state index contributed by atoms with van der Waals surface area (Å²) in [4.78, 5) is 49.1. The van der Waals surface area contributed by atoms with E-state index in [0.717, 1.165) is 10.0 Å². The van der Waals surface area contributed by atoms with Crippen LogP contribution in [0.2, 0.25) is 0 Å². The van der Waals surface area contributed by atoms with Crippen molar-refractivity contribution in [2.75, 3.05) is 11.0 Å². The van der Waals surface area contributed by atoms with Crippen molar-refractivity contribution in [3.05, 3.63) is 48.0 Å². The van der Waals surface area contributed by atoms with Gasteiger partial charge in [0.1, 0.15) is 0 Å². The second-order valence-corrected chi connectivity index (χ2v) is 8.77. The van der Waals surface area contributed by atoms with Crippen molar-refractivity contribution in [1.82, 2.24) is 4.90 Å². The van der Waals surface area contributed by atoms with Gasteiger partial charge in [-0.3, -0.25) is 0 Å². The van der Waals surface area contributed by atoms with Gasteiger partial charge in [-0.25, -0.2) is 0 Å². The molecule has 0 aromatic heterocycles. The summed E-state index contributed by atoms with van der Waals surface area (Å²) < 4.78 is 1.21. The summed E-state index contributed by atoms with van der Waals surface area (Å²) in [6, 6.07) is 8.94. The number of nitrogens with zero attached hydrogens (tertiary/aromatic N) is 1. The average molecular weight is 454 g/mol. The molecule has 0 N–H and O–H groups in total. The van der Waals surface area contributed by atoms with E-state index >= 15 is 0 Å². The zero-order valence-corrected chi connectivity index (χ0v) is 16.3. The summed E-state index contributed by atoms with van der Waals surface area (Å²) >= 11 is -0.422. The first-order chi connectivity index (χ1) is 11.9. The normalized spacial score (nSPS) is 19.9. The van der Waals surface area contributed by atoms with E-state index in [-0.39, 0.29) is 24.5 Å². The Balaban J connectivity index is 2.03. The molecule has 1 aromatic rings. The minimum atomic E-state index is -0.963. The quantitative estimate of drug-likeness (QED) is 0.156. The maximum absolute atomic E-state index is 12.6. The molecule has 0 saturated carbocycles. The Hall–Kier alpha value is -1.83. The molecule has 1 aromatic carbocycles. The molecule has 1 saturated heterocycles. The first kappa shape index (κ1) is 19.5. The Bertz CT molecular complexity index is 686. The molecular weight excluding hydrogens is 433 g/mol. The molecule has 1 aliphatic rings. The van der Waals surface area contributed by atoms with Gasteiger partial charge in [-0.2, -0.15) is 0 Å². The Morgan fingerprint density at radius 2 is 2.00 bits per heavy atom. The summed E-state index contributed by atoms with van der Waals surface area (Å²) in [7, 11) is 0. The molecule has 0 radical (unpaired) electrons. The third-order valence-electron chi connectivity index (χ3n) is 4.05. The van der Waals surface area contributed by atoms with Crippen LogP contribution in [-0.2, 0) is 23.6 Å². The Labute approximate surface area is 157 Å². The summed E-state index contributed by atoms with van der Waals surface area (Å²) in [5.41, 5.74) is 1.94. The number of benzene rings is 1. The first-order valence-corrected chi connectivity index (χ1v) is 11.0. The molecule has 0 bridgehead atoms. The van der Waals surface area contributed by atoms with E-state index in [1.807, 2.05) is 30.3 Å². The number of Topliss-reactive ketones (excluding diaryl/α,β-unsaturated/α-hetero) is 2. The Kier molecular flexibility index (Phi) is 7.04. The first-order valence-electron chi connectivity index (χ1n) is 7.97. The van der Waals surface area contributed by atoms with E-state index in [9.17, 15) is 19.2 Å². The van der Waals surface area contributed by atoms with Gasteiger partial charge in [0.2, 0.25) is 0 Å². The van der Waals surface area contributed by atoms with E-state index in [1.165, 1.54) is 10.5 Å². The van der Waals surface area contributed by atoms with Crippen molar-refractivity contribution >= 4 is 23.8 Å². The van der Waals surface area contributed by atoms with Crippen molar-refractivity contribution in [3.8, 4) is 0 Å². The number of hydrogen-bond acceptors (Lipinski definition) is 4. The molecule has 6 heteroatoms. The number of allylic oxidation sites excluding steroid dienone is 1. The molecule has 1 aliphatic heterocycles. The predicted octanol–water partition coefficient (Wildman–Crippen LogP) is -1.59. The van der Waals surface area contributed by atoms with Crippen LogP contribution < -0.4 is 21.2 Å². The second kappa shape index (κ2) is 9.03. The van der Waals surface area contributed by atoms with Crippen LogP contribution in [0.15, 0.2) is 42.5 Å². The predicted molar refractivity (Wildman–Crippen MR) is 89.5 cm³/mol. The molecule has 0 aliphatic carbocycles. The van der Waals surface area contributed by atoms with Gasteiger partial charge < -0.3 is 0 Å². The molecule has 0 spiro atoms. The monoisotopic (exact) mass is 454 g/mol. The topological polar surface area (TPSA) is 71.5 Å². The van der Waals surface area contributed by atoms with Gasteiger partial charge in [0.25, 0.3) is 0 Å². The standard InChI is InChI=1S/C19H21INO4/c1-13(2)8-15-16(23)11-21(19(15)17(24)12-22)18(25)10-20-9-14-6-4-3-5-7-14/h3-7,12,15,19H,1,8-11H2,2H3/q-1/t15?,19-/m0/s1. The summed E-state index contributed by atoms with van der Waals surface area (Å²) in [5, 5.41) is 0. The third-order valence-corrected chi connectivity index (χ3v) is 6.67. The number of amides is 1. The molecule has 1 amide bonds. The van der Waals surface area contributed by atoms with Gasteiger partial charge in [-0.1, -0.05) is 0 Å². The summed E-state index contributed by atoms with van der Waals surface area (Å²) in [6.07, 6.45) is 0.542. The van der Waals surface area contributed by atoms with Crippen molar-refractivity contribution in [1.29, 1.82) is 0 Å². The van der Waals surface area contributed by atoms with Gasteiger partial charge in [0.05, 0.1) is 0 Å². The van der Waals surface area contributed by atoms with Crippen LogP contribution in [0, 0.1) is 5.92 Å². The number of hydrogen-bond donors (Lipinski definition) is 0. The number of ketones is 2. The van der Waals surface area contributed by atoms with Gasteiger partial charge >= 0.3 is 158 Å². The molecule has 1 heterocycles. The summed E-state index contributed by atoms with van der Waals surface area (Å²) in [5.74, 6) is -1.72. The van der Waals surface area contributed by atoms with Crippen LogP contribution in [-0.4, -0.2) is 45.7 Å². The van der Waals surface area contributed by atoms with Crippen LogP contribution in [0.3, 0.4) is 0 Å². The minimum absolute atomic E-state index is 0.0872. The molecular formula is C19H21INO4-. The van der Waals surface area contributed by atoms with E-state index in [1.54, 1.807) is 6.92 Å². The number of aldehydes is 1. The number of likely N-dealkylation sites (tertiary alicyclic amines) is 1. The molecule has 2 rings (SSSR count). The Morgan fingerprint density at radius 1 is 1.32 bits per heavy atom. The molecule has 1 unspecified atom stereocenters. The van der Waals surface area contributed by atoms with Gasteiger partial charge in [-0.15, -0.1) is 0 Å². The van der Waals surface area contributed by atoms with Crippen molar-refractivity contribution in [3.63, 3.8) is 0 Å². The van der Waals surface area contributed by atoms with Gasteiger partial charge in [-0.05, 0) is 0 Å². The molecule has 2 atom stereocenters. The number of alkyl halides is 2. The van der Waals surface area contributed by atoms with Gasteiger partial charge in [0, 0.05) is 0 Å². The number of rotatable bonds is 8. The molecule has 5 nitrogen and oxygen atoms in total. The van der Waals surface area contributed by atoms with Gasteiger partial charge in [0.15, 0.2) is 0 Å². The van der Waals surface area contributed by atoms with E-state index in [2.05, 4.69) is 6.58 Å². The van der Waals surface area contributed by atoms with Crippen LogP contribution >= 0.6 is 0 Å². The average Bonchev–Trinajstić information content (AvgIpc) is 2.91. The SMILES string of the molecule is C=C(C)CC1C(=O)CN(C(=O)C[I-]Cc2ccccc2)[C@@H]1C(=O)C=O. The molecule has 25 heavy (non-hydrogen) atoms. The van der Waals surface area contributed by atoms with E-state index in [0.29, 0.717) is 10.8 Å². The van der Waals surface area contributed by atoms with Crippen LogP contribution in [0.5, 0.6) is 0 Å². The maximum atomic E-state index is 12.6. The van der Waals surface area contributed by atoms with E-state index < -0.39 is 38.9 Å². The number of carbonyl (C=O) groups is 4. The van der Waals surface area contributed by atoms with Crippen molar-refractivity contribution in [2.45, 2.75) is 23.8 Å². The number of carbonyl (C=O) groups excluding carboxylic acids is 4. The van der Waals surface area contributed by atoms with Crippen LogP contribution in [0.25, 0.3) is 0 Å². The van der Waals surface area contributed by atoms with E-state index in [4.69, 9.17) is 0 Å². The van der Waals surface area contributed by atoms with Crippen LogP contribution in [0.4, 0.5) is 0 Å². The number of halogens is 1. The molecule has 1 fully saturated rings. The fourth-order valence-electron chi connectivity index (χ4n) is 2.92. The zero-order chi connectivity index (χ0) is 18.4. The fraction of sp³-hybridized carbons (Fsp3) is 0.368. The van der Waals surface area contributed by atoms with Crippen molar-refractivity contribution < 1.29 is 40.4 Å².